The molecule has 0 heterocycles. The molecule has 0 aliphatic rings. The summed E-state index contributed by atoms with van der Waals surface area (Å²) in [5.41, 5.74) is 0. The average molecular weight is 653 g/mol. The molecule has 1 atom stereocenters. The molecule has 0 saturated carbocycles. The zero-order chi connectivity index (χ0) is 33.8. The monoisotopic (exact) mass is 653 g/mol. The first-order valence-electron chi connectivity index (χ1n) is 20.4. The van der Waals surface area contributed by atoms with E-state index in [1.54, 1.807) is 0 Å². The van der Waals surface area contributed by atoms with Gasteiger partial charge in [-0.05, 0) is 18.8 Å². The maximum absolute atomic E-state index is 12.0. The number of ether oxygens (including phenoxy) is 2. The van der Waals surface area contributed by atoms with Gasteiger partial charge in [-0.25, -0.2) is 0 Å². The van der Waals surface area contributed by atoms with Gasteiger partial charge >= 0.3 is 11.9 Å². The Morgan fingerprint density at radius 1 is 0.435 bits per heavy atom. The Morgan fingerprint density at radius 2 is 0.696 bits per heavy atom. The number of unbranched alkanes of at least 4 members (excludes halogenated alkanes) is 27. The molecular formula is C41H80O5. The van der Waals surface area contributed by atoms with Crippen LogP contribution in [0.25, 0.3) is 0 Å². The standard InChI is InChI=1S/C41H80O5/c1-4-5-6-7-8-9-10-11-12-13-14-15-16-17-18-22-25-28-31-34-40(43)45-36-39(42)37-46-41(44)35-32-29-26-23-20-19-21-24-27-30-33-38(2)3/h38-39,42H,4-37H2,1-3H3/t39-/m1/s1. The first-order chi connectivity index (χ1) is 22.5. The highest BCUT2D eigenvalue weighted by Crippen LogP contribution is 2.16. The normalized spacial score (nSPS) is 12.1. The Balaban J connectivity index is 3.36. The fourth-order valence-corrected chi connectivity index (χ4v) is 6.15. The van der Waals surface area contributed by atoms with E-state index in [1.165, 1.54) is 167 Å². The van der Waals surface area contributed by atoms with Crippen LogP contribution in [0.4, 0.5) is 0 Å². The lowest BCUT2D eigenvalue weighted by Crippen LogP contribution is -2.25. The van der Waals surface area contributed by atoms with Crippen LogP contribution in [0.5, 0.6) is 0 Å². The minimum absolute atomic E-state index is 0.108. The van der Waals surface area contributed by atoms with Crippen molar-refractivity contribution >= 4 is 11.9 Å². The predicted molar refractivity (Wildman–Crippen MR) is 196 cm³/mol. The van der Waals surface area contributed by atoms with Gasteiger partial charge in [0.2, 0.25) is 0 Å². The van der Waals surface area contributed by atoms with Crippen LogP contribution in [0.2, 0.25) is 0 Å². The highest BCUT2D eigenvalue weighted by molar-refractivity contribution is 5.69. The summed E-state index contributed by atoms with van der Waals surface area (Å²) in [5.74, 6) is 0.277. The summed E-state index contributed by atoms with van der Waals surface area (Å²) in [5, 5.41) is 10.0. The van der Waals surface area contributed by atoms with Crippen LogP contribution in [-0.4, -0.2) is 36.4 Å². The van der Waals surface area contributed by atoms with E-state index in [0.717, 1.165) is 31.6 Å². The Kier molecular flexibility index (Phi) is 35.9. The van der Waals surface area contributed by atoms with E-state index in [2.05, 4.69) is 20.8 Å². The molecule has 5 nitrogen and oxygen atoms in total. The van der Waals surface area contributed by atoms with Crippen LogP contribution in [-0.2, 0) is 19.1 Å². The number of aliphatic hydroxyl groups excluding tert-OH is 1. The van der Waals surface area contributed by atoms with E-state index in [4.69, 9.17) is 9.47 Å². The van der Waals surface area contributed by atoms with Crippen molar-refractivity contribution in [1.29, 1.82) is 0 Å². The van der Waals surface area contributed by atoms with Gasteiger partial charge in [0.25, 0.3) is 0 Å². The molecule has 274 valence electrons. The molecule has 0 spiro atoms. The molecule has 5 heteroatoms. The molecule has 0 radical (unpaired) electrons. The molecule has 46 heavy (non-hydrogen) atoms. The predicted octanol–water partition coefficient (Wildman–Crippen LogP) is 12.6. The molecule has 0 aromatic carbocycles. The van der Waals surface area contributed by atoms with Gasteiger partial charge in [0.05, 0.1) is 0 Å². The molecule has 1 N–H and O–H groups in total. The largest absolute Gasteiger partial charge is 0.463 e. The third kappa shape index (κ3) is 37.4. The summed E-state index contributed by atoms with van der Waals surface area (Å²) in [6, 6.07) is 0. The van der Waals surface area contributed by atoms with E-state index >= 15 is 0 Å². The first-order valence-corrected chi connectivity index (χ1v) is 20.4. The quantitative estimate of drug-likeness (QED) is 0.0534. The number of carbonyl (C=O) groups excluding carboxylic acids is 2. The third-order valence-electron chi connectivity index (χ3n) is 9.27. The molecule has 0 aromatic rings. The molecule has 0 bridgehead atoms. The molecule has 0 amide bonds. The van der Waals surface area contributed by atoms with Gasteiger partial charge in [-0.1, -0.05) is 201 Å². The van der Waals surface area contributed by atoms with Crippen molar-refractivity contribution < 1.29 is 24.2 Å². The second-order valence-corrected chi connectivity index (χ2v) is 14.6. The van der Waals surface area contributed by atoms with Gasteiger partial charge in [-0.15, -0.1) is 0 Å². The van der Waals surface area contributed by atoms with Crippen LogP contribution in [0.15, 0.2) is 0 Å². The molecule has 0 fully saturated rings. The van der Waals surface area contributed by atoms with E-state index in [-0.39, 0.29) is 25.2 Å². The second-order valence-electron chi connectivity index (χ2n) is 14.6. The molecule has 0 aliphatic heterocycles. The first kappa shape index (κ1) is 44.9. The molecular weight excluding hydrogens is 572 g/mol. The van der Waals surface area contributed by atoms with Crippen LogP contribution >= 0.6 is 0 Å². The summed E-state index contributed by atoms with van der Waals surface area (Å²) in [6.07, 6.45) is 38.8. The lowest BCUT2D eigenvalue weighted by molar-refractivity contribution is -0.152. The number of rotatable bonds is 37. The van der Waals surface area contributed by atoms with Crippen molar-refractivity contribution in [3.05, 3.63) is 0 Å². The summed E-state index contributed by atoms with van der Waals surface area (Å²) < 4.78 is 10.3. The highest BCUT2D eigenvalue weighted by atomic mass is 16.6. The van der Waals surface area contributed by atoms with Crippen molar-refractivity contribution in [3.8, 4) is 0 Å². The molecule has 0 saturated heterocycles. The fraction of sp³-hybridized carbons (Fsp3) is 0.951. The summed E-state index contributed by atoms with van der Waals surface area (Å²) in [6.45, 7) is 6.66. The number of esters is 2. The van der Waals surface area contributed by atoms with Crippen LogP contribution in [0, 0.1) is 5.92 Å². The SMILES string of the molecule is CCCCCCCCCCCCCCCCCCCCCC(=O)OC[C@@H](O)COC(=O)CCCCCCCCCCCCC(C)C. The zero-order valence-electron chi connectivity index (χ0n) is 31.3. The van der Waals surface area contributed by atoms with E-state index in [0.29, 0.717) is 12.8 Å². The van der Waals surface area contributed by atoms with Gasteiger partial charge in [0, 0.05) is 12.8 Å². The molecule has 0 rings (SSSR count). The zero-order valence-corrected chi connectivity index (χ0v) is 31.3. The van der Waals surface area contributed by atoms with Crippen molar-refractivity contribution in [2.24, 2.45) is 5.92 Å². The lowest BCUT2D eigenvalue weighted by Gasteiger charge is -2.12. The van der Waals surface area contributed by atoms with Crippen LogP contribution in [0.3, 0.4) is 0 Å². The Bertz CT molecular complexity index is 634. The minimum atomic E-state index is -0.955. The smallest absolute Gasteiger partial charge is 0.305 e. The number of aliphatic hydroxyl groups is 1. The van der Waals surface area contributed by atoms with E-state index in [1.807, 2.05) is 0 Å². The van der Waals surface area contributed by atoms with Gasteiger partial charge in [0.15, 0.2) is 0 Å². The summed E-state index contributed by atoms with van der Waals surface area (Å²) in [7, 11) is 0. The highest BCUT2D eigenvalue weighted by Gasteiger charge is 2.12. The second kappa shape index (κ2) is 36.7. The lowest BCUT2D eigenvalue weighted by atomic mass is 10.0. The number of carbonyl (C=O) groups is 2. The number of hydrogen-bond acceptors (Lipinski definition) is 5. The Morgan fingerprint density at radius 3 is 0.978 bits per heavy atom. The minimum Gasteiger partial charge on any atom is -0.463 e. The average Bonchev–Trinajstić information content (AvgIpc) is 3.04. The van der Waals surface area contributed by atoms with E-state index in [9.17, 15) is 14.7 Å². The van der Waals surface area contributed by atoms with Crippen molar-refractivity contribution in [3.63, 3.8) is 0 Å². The van der Waals surface area contributed by atoms with Crippen LogP contribution < -0.4 is 0 Å². The van der Waals surface area contributed by atoms with Crippen molar-refractivity contribution in [2.75, 3.05) is 13.2 Å². The summed E-state index contributed by atoms with van der Waals surface area (Å²) in [4.78, 5) is 23.9. The topological polar surface area (TPSA) is 72.8 Å². The number of hydrogen-bond donors (Lipinski definition) is 1. The van der Waals surface area contributed by atoms with Crippen molar-refractivity contribution in [1.82, 2.24) is 0 Å². The van der Waals surface area contributed by atoms with Crippen molar-refractivity contribution in [2.45, 2.75) is 232 Å². The maximum Gasteiger partial charge on any atom is 0.305 e. The maximum atomic E-state index is 12.0. The Hall–Kier alpha value is -1.10. The van der Waals surface area contributed by atoms with E-state index < -0.39 is 6.10 Å². The molecule has 0 aliphatic carbocycles. The van der Waals surface area contributed by atoms with Gasteiger partial charge in [-0.2, -0.15) is 0 Å². The van der Waals surface area contributed by atoms with Gasteiger partial charge in [-0.3, -0.25) is 9.59 Å². The third-order valence-corrected chi connectivity index (χ3v) is 9.27. The van der Waals surface area contributed by atoms with Gasteiger partial charge in [0.1, 0.15) is 19.3 Å². The summed E-state index contributed by atoms with van der Waals surface area (Å²) >= 11 is 0. The Labute approximate surface area is 287 Å². The van der Waals surface area contributed by atoms with Crippen LogP contribution in [0.1, 0.15) is 226 Å². The fourth-order valence-electron chi connectivity index (χ4n) is 6.15. The molecule has 0 aromatic heterocycles. The molecule has 0 unspecified atom stereocenters. The van der Waals surface area contributed by atoms with Gasteiger partial charge < -0.3 is 14.6 Å².